The predicted octanol–water partition coefficient (Wildman–Crippen LogP) is 7.95. The van der Waals surface area contributed by atoms with Gasteiger partial charge in [-0.15, -0.1) is 0 Å². The van der Waals surface area contributed by atoms with Gasteiger partial charge in [0.1, 0.15) is 0 Å². The molecule has 0 radical (unpaired) electrons. The Morgan fingerprint density at radius 2 is 1.11 bits per heavy atom. The average Bonchev–Trinajstić information content (AvgIpc) is 2.72. The topological polar surface area (TPSA) is 0 Å². The fraction of sp³-hybridized carbons (Fsp3) is 0.769. The van der Waals surface area contributed by atoms with E-state index in [4.69, 9.17) is 0 Å². The Labute approximate surface area is 170 Å². The first kappa shape index (κ1) is 20.4. The van der Waals surface area contributed by atoms with Crippen LogP contribution < -0.4 is 0 Å². The highest BCUT2D eigenvalue weighted by atomic mass is 19.2. The molecular formula is C26H38F2. The summed E-state index contributed by atoms with van der Waals surface area (Å²) >= 11 is 0. The van der Waals surface area contributed by atoms with E-state index in [0.717, 1.165) is 41.6 Å². The van der Waals surface area contributed by atoms with Gasteiger partial charge < -0.3 is 0 Å². The lowest BCUT2D eigenvalue weighted by molar-refractivity contribution is 0.106. The molecule has 0 atom stereocenters. The maximum Gasteiger partial charge on any atom is 0.159 e. The van der Waals surface area contributed by atoms with Gasteiger partial charge in [-0.05, 0) is 124 Å². The van der Waals surface area contributed by atoms with Crippen LogP contribution in [0.5, 0.6) is 0 Å². The molecule has 156 valence electrons. The molecule has 1 aromatic rings. The first-order chi connectivity index (χ1) is 13.6. The predicted molar refractivity (Wildman–Crippen MR) is 112 cm³/mol. The highest BCUT2D eigenvalue weighted by molar-refractivity contribution is 5.18. The molecule has 0 heterocycles. The Kier molecular flexibility index (Phi) is 6.74. The minimum Gasteiger partial charge on any atom is -0.204 e. The molecule has 0 amide bonds. The summed E-state index contributed by atoms with van der Waals surface area (Å²) in [6.07, 6.45) is 18.0. The Morgan fingerprint density at radius 3 is 1.61 bits per heavy atom. The minimum absolute atomic E-state index is 0.654. The molecule has 3 saturated carbocycles. The van der Waals surface area contributed by atoms with Gasteiger partial charge in [-0.1, -0.05) is 25.8 Å². The molecule has 2 heteroatoms. The van der Waals surface area contributed by atoms with Gasteiger partial charge in [0.25, 0.3) is 0 Å². The number of halogens is 2. The van der Waals surface area contributed by atoms with Crippen LogP contribution in [0.15, 0.2) is 18.2 Å². The van der Waals surface area contributed by atoms with Crippen molar-refractivity contribution in [2.45, 2.75) is 90.4 Å². The molecule has 0 bridgehead atoms. The number of benzene rings is 1. The molecule has 4 rings (SSSR count). The van der Waals surface area contributed by atoms with Gasteiger partial charge in [0, 0.05) is 0 Å². The van der Waals surface area contributed by atoms with Gasteiger partial charge in [0.05, 0.1) is 0 Å². The summed E-state index contributed by atoms with van der Waals surface area (Å²) in [5, 5.41) is 0. The monoisotopic (exact) mass is 388 g/mol. The number of hydrogen-bond donors (Lipinski definition) is 0. The molecule has 3 fully saturated rings. The van der Waals surface area contributed by atoms with E-state index < -0.39 is 11.6 Å². The summed E-state index contributed by atoms with van der Waals surface area (Å²) in [5.41, 5.74) is 0.963. The largest absolute Gasteiger partial charge is 0.204 e. The van der Waals surface area contributed by atoms with Crippen molar-refractivity contribution in [1.82, 2.24) is 0 Å². The van der Waals surface area contributed by atoms with Crippen molar-refractivity contribution >= 4 is 0 Å². The van der Waals surface area contributed by atoms with Crippen LogP contribution in [-0.4, -0.2) is 0 Å². The SMILES string of the molecule is CC1CCC(C2CCC(C3CCC(Cc4ccc(F)c(F)c4)CC3)CC2)CC1. The Balaban J connectivity index is 1.20. The smallest absolute Gasteiger partial charge is 0.159 e. The van der Waals surface area contributed by atoms with Crippen LogP contribution in [0.3, 0.4) is 0 Å². The van der Waals surface area contributed by atoms with Gasteiger partial charge >= 0.3 is 0 Å². The Morgan fingerprint density at radius 1 is 0.643 bits per heavy atom. The van der Waals surface area contributed by atoms with Crippen molar-refractivity contribution in [1.29, 1.82) is 0 Å². The van der Waals surface area contributed by atoms with E-state index in [1.54, 1.807) is 6.07 Å². The highest BCUT2D eigenvalue weighted by Crippen LogP contribution is 2.46. The van der Waals surface area contributed by atoms with E-state index in [9.17, 15) is 8.78 Å². The summed E-state index contributed by atoms with van der Waals surface area (Å²) in [5.74, 6) is 4.13. The second-order valence-electron chi connectivity index (χ2n) is 10.4. The van der Waals surface area contributed by atoms with Crippen molar-refractivity contribution in [3.05, 3.63) is 35.4 Å². The van der Waals surface area contributed by atoms with E-state index in [1.807, 2.05) is 0 Å². The van der Waals surface area contributed by atoms with Crippen molar-refractivity contribution in [2.75, 3.05) is 0 Å². The van der Waals surface area contributed by atoms with Crippen molar-refractivity contribution < 1.29 is 8.78 Å². The summed E-state index contributed by atoms with van der Waals surface area (Å²) in [4.78, 5) is 0. The fourth-order valence-electron chi connectivity index (χ4n) is 6.71. The number of rotatable bonds is 4. The molecule has 1 aromatic carbocycles. The Hall–Kier alpha value is -0.920. The lowest BCUT2D eigenvalue weighted by atomic mass is 9.65. The molecule has 3 aliphatic carbocycles. The lowest BCUT2D eigenvalue weighted by Crippen LogP contribution is -2.29. The zero-order valence-electron chi connectivity index (χ0n) is 17.6. The summed E-state index contributed by atoms with van der Waals surface area (Å²) in [6.45, 7) is 2.43. The van der Waals surface area contributed by atoms with Crippen LogP contribution in [0.2, 0.25) is 0 Å². The second kappa shape index (κ2) is 9.26. The van der Waals surface area contributed by atoms with Crippen LogP contribution in [0.4, 0.5) is 8.78 Å². The third-order valence-electron chi connectivity index (χ3n) is 8.61. The van der Waals surface area contributed by atoms with Crippen LogP contribution >= 0.6 is 0 Å². The molecule has 28 heavy (non-hydrogen) atoms. The summed E-state index contributed by atoms with van der Waals surface area (Å²) in [6, 6.07) is 4.44. The molecule has 0 unspecified atom stereocenters. The lowest BCUT2D eigenvalue weighted by Gasteiger charge is -2.41. The average molecular weight is 389 g/mol. The van der Waals surface area contributed by atoms with Crippen molar-refractivity contribution in [3.63, 3.8) is 0 Å². The summed E-state index contributed by atoms with van der Waals surface area (Å²) < 4.78 is 26.6. The zero-order chi connectivity index (χ0) is 19.5. The van der Waals surface area contributed by atoms with Crippen LogP contribution in [0, 0.1) is 47.1 Å². The molecule has 0 N–H and O–H groups in total. The molecule has 0 nitrogen and oxygen atoms in total. The third-order valence-corrected chi connectivity index (χ3v) is 8.61. The normalized spacial score (nSPS) is 37.0. The van der Waals surface area contributed by atoms with E-state index in [0.29, 0.717) is 5.92 Å². The van der Waals surface area contributed by atoms with E-state index in [1.165, 1.54) is 89.2 Å². The highest BCUT2D eigenvalue weighted by Gasteiger charge is 2.34. The van der Waals surface area contributed by atoms with E-state index >= 15 is 0 Å². The third kappa shape index (κ3) is 4.97. The maximum atomic E-state index is 13.4. The Bertz CT molecular complexity index is 615. The minimum atomic E-state index is -0.731. The van der Waals surface area contributed by atoms with Crippen LogP contribution in [-0.2, 0) is 6.42 Å². The van der Waals surface area contributed by atoms with E-state index in [2.05, 4.69) is 6.92 Å². The van der Waals surface area contributed by atoms with Gasteiger partial charge in [-0.25, -0.2) is 8.78 Å². The van der Waals surface area contributed by atoms with Gasteiger partial charge in [-0.3, -0.25) is 0 Å². The fourth-order valence-corrected chi connectivity index (χ4v) is 6.71. The van der Waals surface area contributed by atoms with Crippen LogP contribution in [0.1, 0.15) is 89.5 Å². The summed E-state index contributed by atoms with van der Waals surface area (Å²) in [7, 11) is 0. The molecule has 0 aromatic heterocycles. The molecule has 3 aliphatic rings. The first-order valence-corrected chi connectivity index (χ1v) is 12.0. The molecule has 0 saturated heterocycles. The van der Waals surface area contributed by atoms with Crippen molar-refractivity contribution in [2.24, 2.45) is 35.5 Å². The maximum absolute atomic E-state index is 13.4. The quantitative estimate of drug-likeness (QED) is 0.491. The van der Waals surface area contributed by atoms with Gasteiger partial charge in [0.15, 0.2) is 11.6 Å². The van der Waals surface area contributed by atoms with Gasteiger partial charge in [-0.2, -0.15) is 0 Å². The van der Waals surface area contributed by atoms with E-state index in [-0.39, 0.29) is 0 Å². The second-order valence-corrected chi connectivity index (χ2v) is 10.4. The zero-order valence-corrected chi connectivity index (χ0v) is 17.6. The van der Waals surface area contributed by atoms with Crippen LogP contribution in [0.25, 0.3) is 0 Å². The van der Waals surface area contributed by atoms with Crippen molar-refractivity contribution in [3.8, 4) is 0 Å². The first-order valence-electron chi connectivity index (χ1n) is 12.0. The molecular weight excluding hydrogens is 350 g/mol. The molecule has 0 spiro atoms. The standard InChI is InChI=1S/C26H38F2/c1-18-2-7-21(8-3-18)23-11-13-24(14-12-23)22-9-4-19(5-10-22)16-20-6-15-25(27)26(28)17-20/h6,15,17-19,21-24H,2-5,7-14,16H2,1H3. The number of hydrogen-bond acceptors (Lipinski definition) is 0. The van der Waals surface area contributed by atoms with Gasteiger partial charge in [0.2, 0.25) is 0 Å². The molecule has 0 aliphatic heterocycles.